The monoisotopic (exact) mass is 240 g/mol. The van der Waals surface area contributed by atoms with Crippen molar-refractivity contribution >= 4 is 11.6 Å². The van der Waals surface area contributed by atoms with Crippen molar-refractivity contribution in [3.8, 4) is 0 Å². The molecule has 1 N–H and O–H groups in total. The SMILES string of the molecule is CN1CCCC1C(=O)Nc1c(F)cccc1F. The molecule has 92 valence electrons. The Morgan fingerprint density at radius 2 is 2.06 bits per heavy atom. The number of rotatable bonds is 2. The van der Waals surface area contributed by atoms with E-state index in [1.807, 2.05) is 11.9 Å². The van der Waals surface area contributed by atoms with Gasteiger partial charge in [-0.1, -0.05) is 6.07 Å². The Kier molecular flexibility index (Phi) is 3.38. The third-order valence-electron chi connectivity index (χ3n) is 3.03. The van der Waals surface area contributed by atoms with Crippen LogP contribution in [0.15, 0.2) is 18.2 Å². The number of para-hydroxylation sites is 1. The lowest BCUT2D eigenvalue weighted by Gasteiger charge is -2.18. The average Bonchev–Trinajstić information content (AvgIpc) is 2.70. The Balaban J connectivity index is 2.13. The molecule has 1 fully saturated rings. The molecule has 1 unspecified atom stereocenters. The van der Waals surface area contributed by atoms with Gasteiger partial charge in [-0.2, -0.15) is 0 Å². The van der Waals surface area contributed by atoms with Gasteiger partial charge in [-0.25, -0.2) is 8.78 Å². The maximum atomic E-state index is 13.3. The molecule has 5 heteroatoms. The maximum Gasteiger partial charge on any atom is 0.241 e. The minimum atomic E-state index is -0.751. The molecule has 1 amide bonds. The van der Waals surface area contributed by atoms with E-state index in [2.05, 4.69) is 5.32 Å². The minimum absolute atomic E-state index is 0.297. The quantitative estimate of drug-likeness (QED) is 0.857. The fraction of sp³-hybridized carbons (Fsp3) is 0.417. The molecule has 1 saturated heterocycles. The lowest BCUT2D eigenvalue weighted by Crippen LogP contribution is -2.37. The standard InChI is InChI=1S/C12H14F2N2O/c1-16-7-3-6-10(16)12(17)15-11-8(13)4-2-5-9(11)14/h2,4-5,10H,3,6-7H2,1H3,(H,15,17). The third-order valence-corrected chi connectivity index (χ3v) is 3.03. The summed E-state index contributed by atoms with van der Waals surface area (Å²) in [6.45, 7) is 0.831. The van der Waals surface area contributed by atoms with Gasteiger partial charge < -0.3 is 5.32 Å². The zero-order valence-electron chi connectivity index (χ0n) is 9.54. The zero-order valence-corrected chi connectivity index (χ0v) is 9.54. The fourth-order valence-electron chi connectivity index (χ4n) is 2.07. The summed E-state index contributed by atoms with van der Waals surface area (Å²) in [6, 6.07) is 3.21. The Hall–Kier alpha value is -1.49. The van der Waals surface area contributed by atoms with Gasteiger partial charge in [0.15, 0.2) is 0 Å². The number of nitrogens with one attached hydrogen (secondary N) is 1. The second-order valence-electron chi connectivity index (χ2n) is 4.22. The number of amides is 1. The van der Waals surface area contributed by atoms with Crippen molar-refractivity contribution in [1.82, 2.24) is 4.90 Å². The van der Waals surface area contributed by atoms with Crippen LogP contribution >= 0.6 is 0 Å². The van der Waals surface area contributed by atoms with Gasteiger partial charge in [0.25, 0.3) is 0 Å². The molecule has 1 atom stereocenters. The normalized spacial score (nSPS) is 20.5. The zero-order chi connectivity index (χ0) is 12.4. The van der Waals surface area contributed by atoms with Crippen molar-refractivity contribution in [3.63, 3.8) is 0 Å². The highest BCUT2D eigenvalue weighted by molar-refractivity contribution is 5.95. The molecule has 1 aromatic rings. The molecule has 1 aliphatic rings. The second-order valence-corrected chi connectivity index (χ2v) is 4.22. The maximum absolute atomic E-state index is 13.3. The molecule has 0 spiro atoms. The van der Waals surface area contributed by atoms with Crippen molar-refractivity contribution in [2.75, 3.05) is 18.9 Å². The first-order valence-electron chi connectivity index (χ1n) is 5.54. The van der Waals surface area contributed by atoms with Crippen LogP contribution in [0.2, 0.25) is 0 Å². The summed E-state index contributed by atoms with van der Waals surface area (Å²) < 4.78 is 26.7. The van der Waals surface area contributed by atoms with Gasteiger partial charge in [0.2, 0.25) is 5.91 Å². The average molecular weight is 240 g/mol. The summed E-state index contributed by atoms with van der Waals surface area (Å²) >= 11 is 0. The van der Waals surface area contributed by atoms with E-state index in [1.54, 1.807) is 0 Å². The van der Waals surface area contributed by atoms with Crippen LogP contribution in [0.3, 0.4) is 0 Å². The van der Waals surface area contributed by atoms with Gasteiger partial charge in [-0.15, -0.1) is 0 Å². The first kappa shape index (κ1) is 12.0. The van der Waals surface area contributed by atoms with Crippen LogP contribution in [0.4, 0.5) is 14.5 Å². The topological polar surface area (TPSA) is 32.3 Å². The molecule has 1 aliphatic heterocycles. The first-order valence-corrected chi connectivity index (χ1v) is 5.54. The summed E-state index contributed by atoms with van der Waals surface area (Å²) in [5.41, 5.74) is -0.363. The summed E-state index contributed by atoms with van der Waals surface area (Å²) in [6.07, 6.45) is 1.65. The Labute approximate surface area is 98.4 Å². The molecule has 0 aromatic heterocycles. The number of anilines is 1. The van der Waals surface area contributed by atoms with Crippen molar-refractivity contribution in [3.05, 3.63) is 29.8 Å². The van der Waals surface area contributed by atoms with Gasteiger partial charge in [0.1, 0.15) is 17.3 Å². The van der Waals surface area contributed by atoms with Gasteiger partial charge in [0.05, 0.1) is 6.04 Å². The molecular weight excluding hydrogens is 226 g/mol. The number of carbonyl (C=O) groups excluding carboxylic acids is 1. The molecule has 1 heterocycles. The fourth-order valence-corrected chi connectivity index (χ4v) is 2.07. The molecule has 0 aliphatic carbocycles. The van der Waals surface area contributed by atoms with Crippen LogP contribution in [-0.4, -0.2) is 30.4 Å². The predicted molar refractivity (Wildman–Crippen MR) is 60.6 cm³/mol. The Morgan fingerprint density at radius 3 is 2.59 bits per heavy atom. The number of hydrogen-bond acceptors (Lipinski definition) is 2. The van der Waals surface area contributed by atoms with Crippen LogP contribution in [0.25, 0.3) is 0 Å². The van der Waals surface area contributed by atoms with E-state index in [1.165, 1.54) is 6.07 Å². The highest BCUT2D eigenvalue weighted by Crippen LogP contribution is 2.21. The molecule has 0 radical (unpaired) electrons. The highest BCUT2D eigenvalue weighted by atomic mass is 19.1. The van der Waals surface area contributed by atoms with Crippen LogP contribution < -0.4 is 5.32 Å². The van der Waals surface area contributed by atoms with Crippen LogP contribution in [0.1, 0.15) is 12.8 Å². The molecule has 0 saturated carbocycles. The van der Waals surface area contributed by atoms with Crippen molar-refractivity contribution in [2.45, 2.75) is 18.9 Å². The number of likely N-dealkylation sites (N-methyl/N-ethyl adjacent to an activating group) is 1. The largest absolute Gasteiger partial charge is 0.320 e. The lowest BCUT2D eigenvalue weighted by molar-refractivity contribution is -0.120. The van der Waals surface area contributed by atoms with Crippen LogP contribution in [0.5, 0.6) is 0 Å². The van der Waals surface area contributed by atoms with Crippen molar-refractivity contribution in [2.24, 2.45) is 0 Å². The van der Waals surface area contributed by atoms with Crippen molar-refractivity contribution in [1.29, 1.82) is 0 Å². The van der Waals surface area contributed by atoms with Crippen LogP contribution in [0, 0.1) is 11.6 Å². The van der Waals surface area contributed by atoms with Gasteiger partial charge >= 0.3 is 0 Å². The smallest absolute Gasteiger partial charge is 0.241 e. The Morgan fingerprint density at radius 1 is 1.41 bits per heavy atom. The number of hydrogen-bond donors (Lipinski definition) is 1. The van der Waals surface area contributed by atoms with Gasteiger partial charge in [-0.3, -0.25) is 9.69 Å². The van der Waals surface area contributed by atoms with Crippen molar-refractivity contribution < 1.29 is 13.6 Å². The highest BCUT2D eigenvalue weighted by Gasteiger charge is 2.28. The van der Waals surface area contributed by atoms with Gasteiger partial charge in [-0.05, 0) is 38.6 Å². The van der Waals surface area contributed by atoms with Crippen LogP contribution in [-0.2, 0) is 4.79 Å². The van der Waals surface area contributed by atoms with Gasteiger partial charge in [0, 0.05) is 0 Å². The molecular formula is C12H14F2N2O. The molecule has 17 heavy (non-hydrogen) atoms. The van der Waals surface area contributed by atoms with E-state index < -0.39 is 11.6 Å². The first-order chi connectivity index (χ1) is 8.09. The van der Waals surface area contributed by atoms with E-state index in [9.17, 15) is 13.6 Å². The summed E-state index contributed by atoms with van der Waals surface area (Å²) in [5, 5.41) is 2.32. The second kappa shape index (κ2) is 4.79. The molecule has 0 bridgehead atoms. The molecule has 2 rings (SSSR count). The third kappa shape index (κ3) is 2.44. The summed E-state index contributed by atoms with van der Waals surface area (Å²) in [4.78, 5) is 13.7. The lowest BCUT2D eigenvalue weighted by atomic mass is 10.2. The number of likely N-dealkylation sites (tertiary alicyclic amines) is 1. The summed E-state index contributed by atoms with van der Waals surface area (Å²) in [5.74, 6) is -1.85. The number of benzene rings is 1. The Bertz CT molecular complexity index is 416. The molecule has 1 aromatic carbocycles. The van der Waals surface area contributed by atoms with E-state index in [0.717, 1.165) is 31.5 Å². The number of nitrogens with zero attached hydrogens (tertiary/aromatic N) is 1. The van der Waals surface area contributed by atoms with E-state index in [-0.39, 0.29) is 17.6 Å². The minimum Gasteiger partial charge on any atom is -0.320 e. The van der Waals surface area contributed by atoms with E-state index >= 15 is 0 Å². The number of halogens is 2. The number of carbonyl (C=O) groups is 1. The van der Waals surface area contributed by atoms with E-state index in [4.69, 9.17) is 0 Å². The molecule has 3 nitrogen and oxygen atoms in total. The predicted octanol–water partition coefficient (Wildman–Crippen LogP) is 2.00. The van der Waals surface area contributed by atoms with E-state index in [0.29, 0.717) is 0 Å². The summed E-state index contributed by atoms with van der Waals surface area (Å²) in [7, 11) is 1.83.